The van der Waals surface area contributed by atoms with Crippen molar-refractivity contribution in [3.63, 3.8) is 0 Å². The number of nitrogens with one attached hydrogen (secondary N) is 1. The van der Waals surface area contributed by atoms with E-state index in [1.54, 1.807) is 32.1 Å². The highest BCUT2D eigenvalue weighted by Crippen LogP contribution is 2.52. The van der Waals surface area contributed by atoms with Crippen LogP contribution >= 0.6 is 0 Å². The van der Waals surface area contributed by atoms with Gasteiger partial charge in [0.1, 0.15) is 0 Å². The first kappa shape index (κ1) is 13.6. The summed E-state index contributed by atoms with van der Waals surface area (Å²) in [4.78, 5) is 0. The Morgan fingerprint density at radius 3 is 2.40 bits per heavy atom. The van der Waals surface area contributed by atoms with E-state index >= 15 is 0 Å². The molecule has 0 aliphatic heterocycles. The van der Waals surface area contributed by atoms with Gasteiger partial charge >= 0.3 is 0 Å². The highest BCUT2D eigenvalue weighted by Gasteiger charge is 2.41. The molecule has 114 valence electrons. The molecule has 6 unspecified atom stereocenters. The molecule has 2 bridgehead atoms. The maximum Gasteiger partial charge on any atom is 0.00683 e. The van der Waals surface area contributed by atoms with Crippen LogP contribution in [0, 0.1) is 35.5 Å². The second-order valence-corrected chi connectivity index (χ2v) is 8.79. The smallest absolute Gasteiger partial charge is 0.00683 e. The molecule has 1 N–H and O–H groups in total. The van der Waals surface area contributed by atoms with Crippen LogP contribution in [0.25, 0.3) is 0 Å². The Labute approximate surface area is 125 Å². The minimum absolute atomic E-state index is 0.900. The van der Waals surface area contributed by atoms with Crippen molar-refractivity contribution in [3.05, 3.63) is 0 Å². The fourth-order valence-corrected chi connectivity index (χ4v) is 5.78. The molecule has 0 aromatic rings. The molecule has 0 aromatic heterocycles. The average Bonchev–Trinajstić information content (AvgIpc) is 3.04. The molecule has 1 heteroatoms. The van der Waals surface area contributed by atoms with Crippen LogP contribution in [0.5, 0.6) is 0 Å². The molecule has 0 radical (unpaired) electrons. The molecule has 4 fully saturated rings. The van der Waals surface area contributed by atoms with Gasteiger partial charge in [-0.2, -0.15) is 0 Å². The van der Waals surface area contributed by atoms with Gasteiger partial charge in [0.15, 0.2) is 0 Å². The highest BCUT2D eigenvalue weighted by molar-refractivity contribution is 4.93. The van der Waals surface area contributed by atoms with Gasteiger partial charge in [-0.3, -0.25) is 0 Å². The fourth-order valence-electron chi connectivity index (χ4n) is 5.78. The normalized spacial score (nSPS) is 47.9. The predicted molar refractivity (Wildman–Crippen MR) is 84.6 cm³/mol. The van der Waals surface area contributed by atoms with E-state index < -0.39 is 0 Å². The number of hydrogen-bond donors (Lipinski definition) is 1. The fraction of sp³-hybridized carbons (Fsp3) is 1.00. The maximum atomic E-state index is 3.83. The van der Waals surface area contributed by atoms with E-state index in [0.29, 0.717) is 0 Å². The molecule has 4 aliphatic carbocycles. The number of rotatable bonds is 5. The van der Waals surface area contributed by atoms with Crippen molar-refractivity contribution in [2.75, 3.05) is 6.54 Å². The largest absolute Gasteiger partial charge is 0.314 e. The van der Waals surface area contributed by atoms with Gasteiger partial charge in [-0.1, -0.05) is 19.8 Å². The summed E-state index contributed by atoms with van der Waals surface area (Å²) in [6.07, 6.45) is 15.3. The van der Waals surface area contributed by atoms with E-state index in [0.717, 1.165) is 41.5 Å². The zero-order valence-electron chi connectivity index (χ0n) is 13.3. The van der Waals surface area contributed by atoms with Gasteiger partial charge < -0.3 is 5.32 Å². The van der Waals surface area contributed by atoms with Crippen LogP contribution in [0.15, 0.2) is 0 Å². The molecular formula is C19H33N. The van der Waals surface area contributed by atoms with Gasteiger partial charge in [0.05, 0.1) is 0 Å². The highest BCUT2D eigenvalue weighted by atomic mass is 14.9. The minimum atomic E-state index is 0.900. The van der Waals surface area contributed by atoms with Crippen LogP contribution in [-0.2, 0) is 0 Å². The van der Waals surface area contributed by atoms with Crippen molar-refractivity contribution < 1.29 is 0 Å². The van der Waals surface area contributed by atoms with Gasteiger partial charge in [0.2, 0.25) is 0 Å². The third kappa shape index (κ3) is 2.93. The molecule has 4 rings (SSSR count). The van der Waals surface area contributed by atoms with Crippen LogP contribution in [0.2, 0.25) is 0 Å². The Bertz CT molecular complexity index is 335. The zero-order valence-corrected chi connectivity index (χ0v) is 13.3. The quantitative estimate of drug-likeness (QED) is 0.772. The Hall–Kier alpha value is -0.0400. The van der Waals surface area contributed by atoms with Gasteiger partial charge in [-0.25, -0.2) is 0 Å². The number of fused-ring (bicyclic) bond motifs is 2. The lowest BCUT2D eigenvalue weighted by Gasteiger charge is -2.38. The molecular weight excluding hydrogens is 242 g/mol. The van der Waals surface area contributed by atoms with E-state index in [1.165, 1.54) is 38.6 Å². The van der Waals surface area contributed by atoms with E-state index in [1.807, 2.05) is 0 Å². The second kappa shape index (κ2) is 5.63. The third-order valence-corrected chi connectivity index (χ3v) is 7.14. The van der Waals surface area contributed by atoms with Crippen LogP contribution in [0.1, 0.15) is 71.1 Å². The average molecular weight is 275 g/mol. The zero-order chi connectivity index (χ0) is 13.5. The Morgan fingerprint density at radius 2 is 1.70 bits per heavy atom. The summed E-state index contributed by atoms with van der Waals surface area (Å²) in [5, 5.41) is 3.83. The first-order chi connectivity index (χ1) is 9.78. The summed E-state index contributed by atoms with van der Waals surface area (Å²) < 4.78 is 0. The standard InChI is InChI=1S/C19H33N/c1-13-2-4-16(12-20-19-6-7-19)17(8-13)11-18-10-14-3-5-15(18)9-14/h13-20H,2-12H2,1H3. The minimum Gasteiger partial charge on any atom is -0.314 e. The van der Waals surface area contributed by atoms with E-state index in [-0.39, 0.29) is 0 Å². The molecule has 6 atom stereocenters. The summed E-state index contributed by atoms with van der Waals surface area (Å²) in [6, 6.07) is 0.900. The van der Waals surface area contributed by atoms with Gasteiger partial charge in [-0.15, -0.1) is 0 Å². The van der Waals surface area contributed by atoms with Crippen molar-refractivity contribution in [3.8, 4) is 0 Å². The van der Waals surface area contributed by atoms with Crippen LogP contribution < -0.4 is 5.32 Å². The SMILES string of the molecule is CC1CCC(CNC2CC2)C(CC2CC3CCC2C3)C1. The van der Waals surface area contributed by atoms with Crippen molar-refractivity contribution in [2.24, 2.45) is 35.5 Å². The Kier molecular flexibility index (Phi) is 3.83. The first-order valence-electron chi connectivity index (χ1n) is 9.51. The molecule has 20 heavy (non-hydrogen) atoms. The van der Waals surface area contributed by atoms with Crippen molar-refractivity contribution in [1.82, 2.24) is 5.32 Å². The number of hydrogen-bond acceptors (Lipinski definition) is 1. The van der Waals surface area contributed by atoms with Crippen LogP contribution in [0.4, 0.5) is 0 Å². The Morgan fingerprint density at radius 1 is 0.800 bits per heavy atom. The second-order valence-electron chi connectivity index (χ2n) is 8.79. The predicted octanol–water partition coefficient (Wildman–Crippen LogP) is 4.62. The lowest BCUT2D eigenvalue weighted by molar-refractivity contribution is 0.137. The van der Waals surface area contributed by atoms with Crippen LogP contribution in [-0.4, -0.2) is 12.6 Å². The van der Waals surface area contributed by atoms with Crippen molar-refractivity contribution >= 4 is 0 Å². The molecule has 0 spiro atoms. The summed E-state index contributed by atoms with van der Waals surface area (Å²) in [7, 11) is 0. The molecule has 4 aliphatic rings. The molecule has 0 aromatic carbocycles. The molecule has 0 amide bonds. The summed E-state index contributed by atoms with van der Waals surface area (Å²) in [5.74, 6) is 6.44. The van der Waals surface area contributed by atoms with Gasteiger partial charge in [-0.05, 0) is 93.4 Å². The monoisotopic (exact) mass is 275 g/mol. The lowest BCUT2D eigenvalue weighted by Crippen LogP contribution is -2.35. The lowest BCUT2D eigenvalue weighted by atomic mass is 9.69. The van der Waals surface area contributed by atoms with E-state index in [9.17, 15) is 0 Å². The summed E-state index contributed by atoms with van der Waals surface area (Å²) >= 11 is 0. The summed E-state index contributed by atoms with van der Waals surface area (Å²) in [5.41, 5.74) is 0. The van der Waals surface area contributed by atoms with Crippen molar-refractivity contribution in [2.45, 2.75) is 77.2 Å². The molecule has 4 saturated carbocycles. The van der Waals surface area contributed by atoms with E-state index in [2.05, 4.69) is 12.2 Å². The van der Waals surface area contributed by atoms with E-state index in [4.69, 9.17) is 0 Å². The third-order valence-electron chi connectivity index (χ3n) is 7.14. The topological polar surface area (TPSA) is 12.0 Å². The molecule has 1 nitrogen and oxygen atoms in total. The van der Waals surface area contributed by atoms with Gasteiger partial charge in [0, 0.05) is 6.04 Å². The molecule has 0 saturated heterocycles. The molecule has 0 heterocycles. The first-order valence-corrected chi connectivity index (χ1v) is 9.51. The maximum absolute atomic E-state index is 3.83. The summed E-state index contributed by atoms with van der Waals surface area (Å²) in [6.45, 7) is 3.83. The van der Waals surface area contributed by atoms with Gasteiger partial charge in [0.25, 0.3) is 0 Å². The van der Waals surface area contributed by atoms with Crippen LogP contribution in [0.3, 0.4) is 0 Å². The van der Waals surface area contributed by atoms with Crippen molar-refractivity contribution in [1.29, 1.82) is 0 Å². The Balaban J connectivity index is 1.34.